The van der Waals surface area contributed by atoms with Crippen LogP contribution in [0.3, 0.4) is 0 Å². The molecule has 0 unspecified atom stereocenters. The third kappa shape index (κ3) is 4.45. The van der Waals surface area contributed by atoms with Crippen molar-refractivity contribution in [3.63, 3.8) is 0 Å². The number of rotatable bonds is 5. The predicted molar refractivity (Wildman–Crippen MR) is 80.3 cm³/mol. The summed E-state index contributed by atoms with van der Waals surface area (Å²) in [5, 5.41) is 2.70. The summed E-state index contributed by atoms with van der Waals surface area (Å²) >= 11 is 0. The molecule has 21 heavy (non-hydrogen) atoms. The Balaban J connectivity index is 1.94. The lowest BCUT2D eigenvalue weighted by molar-refractivity contribution is -0.116. The van der Waals surface area contributed by atoms with E-state index in [0.717, 1.165) is 5.56 Å². The molecule has 0 heterocycles. The van der Waals surface area contributed by atoms with Crippen LogP contribution in [0, 0.1) is 5.82 Å². The van der Waals surface area contributed by atoms with Gasteiger partial charge in [-0.25, -0.2) is 4.39 Å². The summed E-state index contributed by atoms with van der Waals surface area (Å²) in [6.07, 6.45) is 3.11. The molecular weight excluding hydrogens is 269 g/mol. The van der Waals surface area contributed by atoms with Crippen molar-refractivity contribution in [2.24, 2.45) is 0 Å². The molecule has 4 heteroatoms. The molecule has 1 N–H and O–H groups in total. The molecule has 0 radical (unpaired) electrons. The number of amides is 1. The highest BCUT2D eigenvalue weighted by atomic mass is 19.1. The van der Waals surface area contributed by atoms with Gasteiger partial charge in [0.2, 0.25) is 5.91 Å². The number of hydrogen-bond acceptors (Lipinski definition) is 2. The van der Waals surface area contributed by atoms with Gasteiger partial charge < -0.3 is 10.1 Å². The average molecular weight is 285 g/mol. The molecule has 0 aliphatic carbocycles. The van der Waals surface area contributed by atoms with Crippen LogP contribution in [-0.4, -0.2) is 13.0 Å². The molecule has 0 spiro atoms. The van der Waals surface area contributed by atoms with Crippen molar-refractivity contribution in [1.29, 1.82) is 0 Å². The molecule has 108 valence electrons. The summed E-state index contributed by atoms with van der Waals surface area (Å²) in [6.45, 7) is 0.285. The number of para-hydroxylation sites is 1. The normalized spacial score (nSPS) is 10.6. The Labute approximate surface area is 123 Å². The number of methoxy groups -OCH3 is 1. The van der Waals surface area contributed by atoms with Crippen LogP contribution in [-0.2, 0) is 11.3 Å². The number of carbonyl (C=O) groups excluding carboxylic acids is 1. The van der Waals surface area contributed by atoms with Gasteiger partial charge in [-0.2, -0.15) is 0 Å². The van der Waals surface area contributed by atoms with Gasteiger partial charge in [-0.3, -0.25) is 4.79 Å². The fourth-order valence-electron chi connectivity index (χ4n) is 1.86. The van der Waals surface area contributed by atoms with E-state index in [9.17, 15) is 9.18 Å². The molecule has 1 amide bonds. The van der Waals surface area contributed by atoms with Gasteiger partial charge >= 0.3 is 0 Å². The van der Waals surface area contributed by atoms with Crippen LogP contribution in [0.4, 0.5) is 4.39 Å². The Hall–Kier alpha value is -2.62. The maximum Gasteiger partial charge on any atom is 0.244 e. The second-order valence-corrected chi connectivity index (χ2v) is 4.42. The number of hydrogen-bond donors (Lipinski definition) is 1. The lowest BCUT2D eigenvalue weighted by Gasteiger charge is -2.04. The smallest absolute Gasteiger partial charge is 0.244 e. The molecule has 0 aliphatic rings. The molecule has 0 fully saturated rings. The van der Waals surface area contributed by atoms with Crippen molar-refractivity contribution >= 4 is 12.0 Å². The minimum Gasteiger partial charge on any atom is -0.496 e. The van der Waals surface area contributed by atoms with E-state index in [-0.39, 0.29) is 18.3 Å². The fourth-order valence-corrected chi connectivity index (χ4v) is 1.86. The van der Waals surface area contributed by atoms with E-state index in [0.29, 0.717) is 11.3 Å². The van der Waals surface area contributed by atoms with Gasteiger partial charge in [0.25, 0.3) is 0 Å². The molecule has 2 aromatic rings. The average Bonchev–Trinajstić information content (AvgIpc) is 2.51. The second-order valence-electron chi connectivity index (χ2n) is 4.42. The second kappa shape index (κ2) is 7.24. The first kappa shape index (κ1) is 14.8. The Morgan fingerprint density at radius 3 is 2.81 bits per heavy atom. The Kier molecular flexibility index (Phi) is 5.10. The Morgan fingerprint density at radius 1 is 1.24 bits per heavy atom. The van der Waals surface area contributed by atoms with Crippen LogP contribution in [0.15, 0.2) is 54.6 Å². The number of ether oxygens (including phenoxy) is 1. The summed E-state index contributed by atoms with van der Waals surface area (Å²) in [4.78, 5) is 11.7. The lowest BCUT2D eigenvalue weighted by Crippen LogP contribution is -2.20. The maximum atomic E-state index is 13.0. The molecule has 0 aromatic heterocycles. The van der Waals surface area contributed by atoms with E-state index in [2.05, 4.69) is 5.32 Å². The highest BCUT2D eigenvalue weighted by Gasteiger charge is 2.00. The van der Waals surface area contributed by atoms with Crippen LogP contribution >= 0.6 is 0 Å². The zero-order valence-electron chi connectivity index (χ0n) is 11.7. The lowest BCUT2D eigenvalue weighted by atomic mass is 10.2. The fraction of sp³-hybridized carbons (Fsp3) is 0.118. The number of nitrogens with one attached hydrogen (secondary N) is 1. The van der Waals surface area contributed by atoms with Crippen LogP contribution in [0.25, 0.3) is 6.08 Å². The molecule has 2 rings (SSSR count). The van der Waals surface area contributed by atoms with Crippen molar-refractivity contribution in [3.8, 4) is 5.75 Å². The first-order valence-corrected chi connectivity index (χ1v) is 6.52. The van der Waals surface area contributed by atoms with Gasteiger partial charge in [-0.05, 0) is 29.8 Å². The minimum atomic E-state index is -0.314. The Morgan fingerprint density at radius 2 is 2.05 bits per heavy atom. The zero-order chi connectivity index (χ0) is 15.1. The van der Waals surface area contributed by atoms with Crippen LogP contribution in [0.1, 0.15) is 11.1 Å². The number of benzene rings is 2. The maximum absolute atomic E-state index is 13.0. The van der Waals surface area contributed by atoms with Gasteiger partial charge in [-0.1, -0.05) is 30.3 Å². The van der Waals surface area contributed by atoms with E-state index >= 15 is 0 Å². The van der Waals surface area contributed by atoms with Crippen molar-refractivity contribution in [1.82, 2.24) is 5.32 Å². The first-order chi connectivity index (χ1) is 10.2. The van der Waals surface area contributed by atoms with Gasteiger partial charge in [0, 0.05) is 18.2 Å². The number of halogens is 1. The first-order valence-electron chi connectivity index (χ1n) is 6.52. The summed E-state index contributed by atoms with van der Waals surface area (Å²) < 4.78 is 18.2. The van der Waals surface area contributed by atoms with Gasteiger partial charge in [-0.15, -0.1) is 0 Å². The predicted octanol–water partition coefficient (Wildman–Crippen LogP) is 3.16. The number of carbonyl (C=O) groups is 1. The molecule has 0 atom stereocenters. The van der Waals surface area contributed by atoms with Gasteiger partial charge in [0.05, 0.1) is 7.11 Å². The SMILES string of the molecule is COc1ccccc1/C=C/C(=O)NCc1cccc(F)c1. The van der Waals surface area contributed by atoms with Crippen molar-refractivity contribution in [3.05, 3.63) is 71.6 Å². The highest BCUT2D eigenvalue weighted by Crippen LogP contribution is 2.18. The summed E-state index contributed by atoms with van der Waals surface area (Å²) in [5.74, 6) is 0.142. The van der Waals surface area contributed by atoms with Crippen molar-refractivity contribution < 1.29 is 13.9 Å². The summed E-state index contributed by atoms with van der Waals surface area (Å²) in [6, 6.07) is 13.5. The zero-order valence-corrected chi connectivity index (χ0v) is 11.7. The monoisotopic (exact) mass is 285 g/mol. The summed E-state index contributed by atoms with van der Waals surface area (Å²) in [5.41, 5.74) is 1.54. The summed E-state index contributed by atoms with van der Waals surface area (Å²) in [7, 11) is 1.58. The molecule has 0 saturated carbocycles. The van der Waals surface area contributed by atoms with Gasteiger partial charge in [0.1, 0.15) is 11.6 Å². The largest absolute Gasteiger partial charge is 0.496 e. The van der Waals surface area contributed by atoms with Gasteiger partial charge in [0.15, 0.2) is 0 Å². The van der Waals surface area contributed by atoms with E-state index in [1.165, 1.54) is 18.2 Å². The molecule has 0 bridgehead atoms. The quantitative estimate of drug-likeness (QED) is 0.857. The van der Waals surface area contributed by atoms with E-state index in [1.54, 1.807) is 25.3 Å². The Bertz CT molecular complexity index is 653. The third-order valence-electron chi connectivity index (χ3n) is 2.91. The standard InChI is InChI=1S/C17H16FNO2/c1-21-16-8-3-2-6-14(16)9-10-17(20)19-12-13-5-4-7-15(18)11-13/h2-11H,12H2,1H3,(H,19,20)/b10-9+. The molecule has 3 nitrogen and oxygen atoms in total. The van der Waals surface area contributed by atoms with E-state index in [4.69, 9.17) is 4.74 Å². The topological polar surface area (TPSA) is 38.3 Å². The molecule has 0 saturated heterocycles. The van der Waals surface area contributed by atoms with Crippen molar-refractivity contribution in [2.45, 2.75) is 6.54 Å². The van der Waals surface area contributed by atoms with E-state index in [1.807, 2.05) is 24.3 Å². The van der Waals surface area contributed by atoms with Crippen LogP contribution in [0.5, 0.6) is 5.75 Å². The van der Waals surface area contributed by atoms with Crippen LogP contribution in [0.2, 0.25) is 0 Å². The molecular formula is C17H16FNO2. The van der Waals surface area contributed by atoms with E-state index < -0.39 is 0 Å². The third-order valence-corrected chi connectivity index (χ3v) is 2.91. The highest BCUT2D eigenvalue weighted by molar-refractivity contribution is 5.92. The van der Waals surface area contributed by atoms with Crippen LogP contribution < -0.4 is 10.1 Å². The molecule has 0 aliphatic heterocycles. The minimum absolute atomic E-state index is 0.245. The van der Waals surface area contributed by atoms with Crippen molar-refractivity contribution in [2.75, 3.05) is 7.11 Å². The molecule has 2 aromatic carbocycles.